The van der Waals surface area contributed by atoms with E-state index in [-0.39, 0.29) is 0 Å². The number of hydrogen-bond acceptors (Lipinski definition) is 2. The summed E-state index contributed by atoms with van der Waals surface area (Å²) >= 11 is 15.1. The molecule has 0 bridgehead atoms. The summed E-state index contributed by atoms with van der Waals surface area (Å²) in [5, 5.41) is 9.93. The summed E-state index contributed by atoms with van der Waals surface area (Å²) in [7, 11) is 0. The van der Waals surface area contributed by atoms with E-state index in [1.54, 1.807) is 36.4 Å². The first-order chi connectivity index (χ1) is 8.60. The summed E-state index contributed by atoms with van der Waals surface area (Å²) in [6.45, 7) is 0. The quantitative estimate of drug-likeness (QED) is 0.730. The Morgan fingerprint density at radius 3 is 2.50 bits per heavy atom. The lowest BCUT2D eigenvalue weighted by atomic mass is 10.2. The Balaban J connectivity index is 2.40. The van der Waals surface area contributed by atoms with Gasteiger partial charge in [0, 0.05) is 9.50 Å². The highest BCUT2D eigenvalue weighted by atomic mass is 79.9. The standard InChI is InChI=1S/C13H6BrCl2NO/c14-9-2-1-8(7-17)13(5-9)18-12-4-3-10(15)6-11(12)16/h1-6H. The molecule has 2 nitrogen and oxygen atoms in total. The van der Waals surface area contributed by atoms with Gasteiger partial charge in [-0.15, -0.1) is 0 Å². The molecule has 0 aliphatic carbocycles. The molecular formula is C13H6BrCl2NO. The predicted molar refractivity (Wildman–Crippen MR) is 75.4 cm³/mol. The van der Waals surface area contributed by atoms with Gasteiger partial charge >= 0.3 is 0 Å². The second kappa shape index (κ2) is 5.62. The molecule has 2 aromatic carbocycles. The zero-order valence-corrected chi connectivity index (χ0v) is 12.1. The van der Waals surface area contributed by atoms with Crippen LogP contribution in [0.2, 0.25) is 10.0 Å². The fourth-order valence-electron chi connectivity index (χ4n) is 1.35. The van der Waals surface area contributed by atoms with Crippen molar-refractivity contribution < 1.29 is 4.74 Å². The molecule has 0 amide bonds. The lowest BCUT2D eigenvalue weighted by Gasteiger charge is -2.09. The van der Waals surface area contributed by atoms with E-state index in [4.69, 9.17) is 33.2 Å². The maximum atomic E-state index is 9.00. The van der Waals surface area contributed by atoms with E-state index in [0.717, 1.165) is 4.47 Å². The van der Waals surface area contributed by atoms with E-state index in [0.29, 0.717) is 27.1 Å². The van der Waals surface area contributed by atoms with Crippen LogP contribution in [0.25, 0.3) is 0 Å². The highest BCUT2D eigenvalue weighted by Crippen LogP contribution is 2.34. The van der Waals surface area contributed by atoms with Crippen molar-refractivity contribution in [1.82, 2.24) is 0 Å². The summed E-state index contributed by atoms with van der Waals surface area (Å²) in [6.07, 6.45) is 0. The summed E-state index contributed by atoms with van der Waals surface area (Å²) in [5.41, 5.74) is 0.434. The molecule has 0 saturated carbocycles. The molecule has 0 radical (unpaired) electrons. The minimum absolute atomic E-state index is 0.395. The van der Waals surface area contributed by atoms with Crippen LogP contribution in [0.3, 0.4) is 0 Å². The van der Waals surface area contributed by atoms with Gasteiger partial charge in [0.25, 0.3) is 0 Å². The fraction of sp³-hybridized carbons (Fsp3) is 0. The topological polar surface area (TPSA) is 33.0 Å². The highest BCUT2D eigenvalue weighted by Gasteiger charge is 2.08. The van der Waals surface area contributed by atoms with Crippen LogP contribution in [0.15, 0.2) is 40.9 Å². The molecule has 0 heterocycles. The van der Waals surface area contributed by atoms with E-state index >= 15 is 0 Å². The van der Waals surface area contributed by atoms with Crippen LogP contribution in [0.5, 0.6) is 11.5 Å². The van der Waals surface area contributed by atoms with Crippen molar-refractivity contribution in [1.29, 1.82) is 5.26 Å². The maximum absolute atomic E-state index is 9.00. The number of nitrogens with zero attached hydrogens (tertiary/aromatic N) is 1. The normalized spacial score (nSPS) is 9.89. The van der Waals surface area contributed by atoms with Gasteiger partial charge in [-0.3, -0.25) is 0 Å². The predicted octanol–water partition coefficient (Wildman–Crippen LogP) is 5.42. The van der Waals surface area contributed by atoms with Crippen LogP contribution < -0.4 is 4.74 Å². The van der Waals surface area contributed by atoms with Crippen LogP contribution in [-0.4, -0.2) is 0 Å². The Kier molecular flexibility index (Phi) is 4.13. The zero-order chi connectivity index (χ0) is 13.1. The molecule has 0 saturated heterocycles. The Morgan fingerprint density at radius 2 is 1.83 bits per heavy atom. The molecule has 0 spiro atoms. The maximum Gasteiger partial charge on any atom is 0.146 e. The third-order valence-corrected chi connectivity index (χ3v) is 3.20. The number of ether oxygens (including phenoxy) is 1. The number of nitriles is 1. The van der Waals surface area contributed by atoms with Gasteiger partial charge < -0.3 is 4.74 Å². The summed E-state index contributed by atoms with van der Waals surface area (Å²) < 4.78 is 6.44. The van der Waals surface area contributed by atoms with Crippen molar-refractivity contribution in [3.8, 4) is 17.6 Å². The zero-order valence-electron chi connectivity index (χ0n) is 8.95. The minimum atomic E-state index is 0.395. The van der Waals surface area contributed by atoms with E-state index in [2.05, 4.69) is 22.0 Å². The molecule has 5 heteroatoms. The average Bonchev–Trinajstić information content (AvgIpc) is 2.33. The second-order valence-corrected chi connectivity index (χ2v) is 5.19. The van der Waals surface area contributed by atoms with Gasteiger partial charge in [-0.1, -0.05) is 39.1 Å². The largest absolute Gasteiger partial charge is 0.454 e. The smallest absolute Gasteiger partial charge is 0.146 e. The molecule has 90 valence electrons. The molecule has 0 unspecified atom stereocenters. The van der Waals surface area contributed by atoms with Crippen LogP contribution in [-0.2, 0) is 0 Å². The first kappa shape index (κ1) is 13.2. The van der Waals surface area contributed by atoms with Crippen LogP contribution >= 0.6 is 39.1 Å². The molecule has 2 aromatic rings. The van der Waals surface area contributed by atoms with Crippen LogP contribution in [0.4, 0.5) is 0 Å². The SMILES string of the molecule is N#Cc1ccc(Br)cc1Oc1ccc(Cl)cc1Cl. The first-order valence-corrected chi connectivity index (χ1v) is 6.47. The Labute approximate surface area is 123 Å². The van der Waals surface area contributed by atoms with Crippen molar-refractivity contribution in [2.45, 2.75) is 0 Å². The van der Waals surface area contributed by atoms with Gasteiger partial charge in [-0.25, -0.2) is 0 Å². The molecule has 0 aliphatic heterocycles. The van der Waals surface area contributed by atoms with E-state index in [9.17, 15) is 0 Å². The fourth-order valence-corrected chi connectivity index (χ4v) is 2.14. The Morgan fingerprint density at radius 1 is 1.06 bits per heavy atom. The van der Waals surface area contributed by atoms with Gasteiger partial charge in [0.1, 0.15) is 17.6 Å². The van der Waals surface area contributed by atoms with Crippen molar-refractivity contribution in [3.05, 3.63) is 56.5 Å². The lowest BCUT2D eigenvalue weighted by Crippen LogP contribution is -1.89. The molecule has 2 rings (SSSR count). The summed E-state index contributed by atoms with van der Waals surface area (Å²) in [4.78, 5) is 0. The number of hydrogen-bond donors (Lipinski definition) is 0. The molecule has 18 heavy (non-hydrogen) atoms. The lowest BCUT2D eigenvalue weighted by molar-refractivity contribution is 0.481. The minimum Gasteiger partial charge on any atom is -0.454 e. The number of rotatable bonds is 2. The van der Waals surface area contributed by atoms with Crippen molar-refractivity contribution >= 4 is 39.1 Å². The van der Waals surface area contributed by atoms with Crippen LogP contribution in [0, 0.1) is 11.3 Å². The third kappa shape index (κ3) is 2.97. The van der Waals surface area contributed by atoms with Crippen molar-refractivity contribution in [2.24, 2.45) is 0 Å². The van der Waals surface area contributed by atoms with Crippen molar-refractivity contribution in [2.75, 3.05) is 0 Å². The monoisotopic (exact) mass is 341 g/mol. The highest BCUT2D eigenvalue weighted by molar-refractivity contribution is 9.10. The van der Waals surface area contributed by atoms with Gasteiger partial charge in [-0.05, 0) is 36.4 Å². The average molecular weight is 343 g/mol. The van der Waals surface area contributed by atoms with Gasteiger partial charge in [0.05, 0.1) is 10.6 Å². The number of halogens is 3. The summed E-state index contributed by atoms with van der Waals surface area (Å²) in [5.74, 6) is 0.895. The number of benzene rings is 2. The van der Waals surface area contributed by atoms with E-state index in [1.807, 2.05) is 0 Å². The van der Waals surface area contributed by atoms with Gasteiger partial charge in [-0.2, -0.15) is 5.26 Å². The second-order valence-electron chi connectivity index (χ2n) is 3.43. The summed E-state index contributed by atoms with van der Waals surface area (Å²) in [6, 6.07) is 12.1. The molecule has 0 atom stereocenters. The van der Waals surface area contributed by atoms with E-state index < -0.39 is 0 Å². The molecular weight excluding hydrogens is 337 g/mol. The third-order valence-electron chi connectivity index (χ3n) is 2.18. The van der Waals surface area contributed by atoms with E-state index in [1.165, 1.54) is 0 Å². The van der Waals surface area contributed by atoms with Crippen LogP contribution in [0.1, 0.15) is 5.56 Å². The molecule has 0 aromatic heterocycles. The molecule has 0 N–H and O–H groups in total. The van der Waals surface area contributed by atoms with Gasteiger partial charge in [0.15, 0.2) is 0 Å². The molecule has 0 aliphatic rings. The van der Waals surface area contributed by atoms with Gasteiger partial charge in [0.2, 0.25) is 0 Å². The first-order valence-electron chi connectivity index (χ1n) is 4.92. The van der Waals surface area contributed by atoms with Crippen molar-refractivity contribution in [3.63, 3.8) is 0 Å². The Bertz CT molecular complexity index is 637. The molecule has 0 fully saturated rings. The Hall–Kier alpha value is -1.21.